The molecule has 1 fully saturated rings. The van der Waals surface area contributed by atoms with Crippen molar-refractivity contribution in [1.29, 1.82) is 0 Å². The van der Waals surface area contributed by atoms with E-state index in [2.05, 4.69) is 6.07 Å². The van der Waals surface area contributed by atoms with Gasteiger partial charge in [0.2, 0.25) is 0 Å². The lowest BCUT2D eigenvalue weighted by Gasteiger charge is -2.09. The van der Waals surface area contributed by atoms with Gasteiger partial charge >= 0.3 is 0 Å². The van der Waals surface area contributed by atoms with Gasteiger partial charge in [-0.15, -0.1) is 11.3 Å². The number of nitrogens with two attached hydrogens (primary N) is 1. The van der Waals surface area contributed by atoms with Crippen molar-refractivity contribution >= 4 is 49.5 Å². The van der Waals surface area contributed by atoms with Crippen LogP contribution >= 0.6 is 22.9 Å². The third-order valence-electron chi connectivity index (χ3n) is 6.52. The number of halogens is 1. The molecule has 0 aliphatic heterocycles. The number of Topliss-reactive ketones (excluding diaryl/α,β-unsaturated/α-hetero) is 1. The van der Waals surface area contributed by atoms with Crippen molar-refractivity contribution in [2.45, 2.75) is 47.7 Å². The Labute approximate surface area is 218 Å². The van der Waals surface area contributed by atoms with Crippen molar-refractivity contribution in [3.8, 4) is 5.75 Å². The monoisotopic (exact) mass is 543 g/mol. The number of benzene rings is 2. The Bertz CT molecular complexity index is 1550. The molecule has 0 atom stereocenters. The van der Waals surface area contributed by atoms with Crippen LogP contribution in [-0.4, -0.2) is 36.6 Å². The minimum atomic E-state index is -3.64. The molecule has 0 unspecified atom stereocenters. The van der Waals surface area contributed by atoms with Crippen molar-refractivity contribution in [3.63, 3.8) is 0 Å². The quantitative estimate of drug-likeness (QED) is 0.309. The van der Waals surface area contributed by atoms with Crippen molar-refractivity contribution in [1.82, 2.24) is 9.78 Å². The molecule has 2 aromatic carbocycles. The van der Waals surface area contributed by atoms with Crippen LogP contribution in [0.4, 0.5) is 0 Å². The van der Waals surface area contributed by atoms with E-state index in [1.54, 1.807) is 23.9 Å². The molecule has 0 radical (unpaired) electrons. The summed E-state index contributed by atoms with van der Waals surface area (Å²) in [6.07, 6.45) is 2.61. The molecule has 2 N–H and O–H groups in total. The largest absolute Gasteiger partial charge is 0.496 e. The molecule has 0 bridgehead atoms. The van der Waals surface area contributed by atoms with Gasteiger partial charge in [-0.1, -0.05) is 41.9 Å². The number of aryl methyl sites for hydroxylation is 1. The van der Waals surface area contributed by atoms with Gasteiger partial charge in [0, 0.05) is 6.42 Å². The highest BCUT2D eigenvalue weighted by molar-refractivity contribution is 7.92. The zero-order chi connectivity index (χ0) is 25.5. The first-order valence-electron chi connectivity index (χ1n) is 11.6. The number of rotatable bonds is 10. The maximum Gasteiger partial charge on any atom is 0.193 e. The minimum Gasteiger partial charge on any atom is -0.496 e. The summed E-state index contributed by atoms with van der Waals surface area (Å²) < 4.78 is 34.2. The molecule has 0 spiro atoms. The maximum absolute atomic E-state index is 13.1. The van der Waals surface area contributed by atoms with E-state index < -0.39 is 15.4 Å². The molecule has 0 saturated heterocycles. The number of carbonyl (C=O) groups is 1. The second kappa shape index (κ2) is 9.63. The number of sulfone groups is 1. The first-order valence-corrected chi connectivity index (χ1v) is 14.4. The normalized spacial score (nSPS) is 14.8. The molecule has 1 aliphatic carbocycles. The van der Waals surface area contributed by atoms with Gasteiger partial charge in [0.1, 0.15) is 15.7 Å². The third-order valence-corrected chi connectivity index (χ3v) is 9.96. The fourth-order valence-corrected chi connectivity index (χ4v) is 7.21. The van der Waals surface area contributed by atoms with Crippen LogP contribution in [0, 0.1) is 0 Å². The van der Waals surface area contributed by atoms with E-state index in [9.17, 15) is 13.2 Å². The highest BCUT2D eigenvalue weighted by Crippen LogP contribution is 2.35. The number of hydrogen-bond acceptors (Lipinski definition) is 7. The Morgan fingerprint density at radius 1 is 1.17 bits per heavy atom. The molecule has 2 heterocycles. The highest BCUT2D eigenvalue weighted by Gasteiger charge is 2.44. The van der Waals surface area contributed by atoms with E-state index in [1.807, 2.05) is 30.3 Å². The number of nitrogens with zero attached hydrogens (tertiary/aromatic N) is 2. The van der Waals surface area contributed by atoms with Gasteiger partial charge < -0.3 is 10.5 Å². The van der Waals surface area contributed by atoms with Gasteiger partial charge in [-0.2, -0.15) is 5.10 Å². The van der Waals surface area contributed by atoms with Gasteiger partial charge in [-0.25, -0.2) is 8.42 Å². The topological polar surface area (TPSA) is 104 Å². The Hall–Kier alpha value is -2.72. The SMILES string of the molecule is COc1cccc2c1c(CS(=O)(=O)c1ccc(Cl)s1)nn2Cc1cccc(CCC(=O)C2(N)CC2)c1. The first-order chi connectivity index (χ1) is 17.2. The third kappa shape index (κ3) is 5.06. The number of aromatic nitrogens is 2. The Kier molecular flexibility index (Phi) is 6.67. The van der Waals surface area contributed by atoms with E-state index in [-0.39, 0.29) is 15.7 Å². The fraction of sp³-hybridized carbons (Fsp3) is 0.308. The number of carbonyl (C=O) groups excluding carboxylic acids is 1. The molecular weight excluding hydrogens is 518 g/mol. The number of ketones is 1. The van der Waals surface area contributed by atoms with E-state index in [1.165, 1.54) is 6.07 Å². The zero-order valence-electron chi connectivity index (χ0n) is 19.7. The van der Waals surface area contributed by atoms with Gasteiger partial charge in [0.15, 0.2) is 15.6 Å². The maximum atomic E-state index is 13.1. The lowest BCUT2D eigenvalue weighted by atomic mass is 10.0. The second-order valence-electron chi connectivity index (χ2n) is 9.18. The fourth-order valence-electron chi connectivity index (χ4n) is 4.36. The summed E-state index contributed by atoms with van der Waals surface area (Å²) in [6, 6.07) is 16.7. The average molecular weight is 544 g/mol. The molecule has 0 amide bonds. The molecule has 188 valence electrons. The van der Waals surface area contributed by atoms with E-state index in [4.69, 9.17) is 27.2 Å². The summed E-state index contributed by atoms with van der Waals surface area (Å²) in [5.41, 5.74) is 8.68. The molecule has 1 aliphatic rings. The van der Waals surface area contributed by atoms with Crippen molar-refractivity contribution in [2.75, 3.05) is 7.11 Å². The van der Waals surface area contributed by atoms with Crippen LogP contribution in [0.3, 0.4) is 0 Å². The summed E-state index contributed by atoms with van der Waals surface area (Å²) in [4.78, 5) is 12.3. The Morgan fingerprint density at radius 2 is 1.92 bits per heavy atom. The lowest BCUT2D eigenvalue weighted by Crippen LogP contribution is -2.32. The van der Waals surface area contributed by atoms with Crippen LogP contribution in [0.15, 0.2) is 58.8 Å². The lowest BCUT2D eigenvalue weighted by molar-refractivity contribution is -0.121. The van der Waals surface area contributed by atoms with Crippen LogP contribution < -0.4 is 10.5 Å². The zero-order valence-corrected chi connectivity index (χ0v) is 22.1. The second-order valence-corrected chi connectivity index (χ2v) is 13.1. The van der Waals surface area contributed by atoms with Crippen LogP contribution in [0.25, 0.3) is 10.9 Å². The molecule has 2 aromatic heterocycles. The van der Waals surface area contributed by atoms with Gasteiger partial charge in [-0.05, 0) is 54.7 Å². The van der Waals surface area contributed by atoms with Crippen LogP contribution in [0.2, 0.25) is 4.34 Å². The van der Waals surface area contributed by atoms with Gasteiger partial charge in [-0.3, -0.25) is 9.48 Å². The number of thiophene rings is 1. The Morgan fingerprint density at radius 3 is 2.61 bits per heavy atom. The molecule has 7 nitrogen and oxygen atoms in total. The molecule has 1 saturated carbocycles. The van der Waals surface area contributed by atoms with Crippen molar-refractivity contribution in [3.05, 3.63) is 75.8 Å². The summed E-state index contributed by atoms with van der Waals surface area (Å²) in [6.45, 7) is 0.442. The summed E-state index contributed by atoms with van der Waals surface area (Å²) in [5, 5.41) is 5.39. The molecule has 10 heteroatoms. The molecule has 5 rings (SSSR count). The van der Waals surface area contributed by atoms with Crippen LogP contribution in [0.5, 0.6) is 5.75 Å². The molecule has 36 heavy (non-hydrogen) atoms. The van der Waals surface area contributed by atoms with Gasteiger partial charge in [0.05, 0.1) is 40.1 Å². The molecular formula is C26H26ClN3O4S2. The number of fused-ring (bicyclic) bond motifs is 1. The smallest absolute Gasteiger partial charge is 0.193 e. The van der Waals surface area contributed by atoms with Crippen molar-refractivity contribution in [2.24, 2.45) is 5.73 Å². The summed E-state index contributed by atoms with van der Waals surface area (Å²) in [5.74, 6) is 0.420. The van der Waals surface area contributed by atoms with Crippen molar-refractivity contribution < 1.29 is 17.9 Å². The molecule has 4 aromatic rings. The van der Waals surface area contributed by atoms with E-state index in [0.717, 1.165) is 40.8 Å². The number of hydrogen-bond donors (Lipinski definition) is 1. The predicted molar refractivity (Wildman–Crippen MR) is 142 cm³/mol. The predicted octanol–water partition coefficient (Wildman–Crippen LogP) is 4.78. The standard InChI is InChI=1S/C26H26ClN3O4S2/c1-34-21-7-3-6-20-25(21)19(16-36(32,33)24-11-10-23(27)35-24)29-30(20)15-18-5-2-4-17(14-18)8-9-22(31)26(28)12-13-26/h2-7,10-11,14H,8-9,12-13,15-16,28H2,1H3. The van der Waals surface area contributed by atoms with E-state index in [0.29, 0.717) is 40.6 Å². The summed E-state index contributed by atoms with van der Waals surface area (Å²) in [7, 11) is -2.08. The number of methoxy groups -OCH3 is 1. The van der Waals surface area contributed by atoms with Gasteiger partial charge in [0.25, 0.3) is 0 Å². The van der Waals surface area contributed by atoms with E-state index >= 15 is 0 Å². The minimum absolute atomic E-state index is 0.121. The van der Waals surface area contributed by atoms with Crippen LogP contribution in [-0.2, 0) is 33.4 Å². The average Bonchev–Trinajstić information content (AvgIpc) is 3.30. The highest BCUT2D eigenvalue weighted by atomic mass is 35.5. The Balaban J connectivity index is 1.44. The van der Waals surface area contributed by atoms with Crippen LogP contribution in [0.1, 0.15) is 36.1 Å². The number of ether oxygens (including phenoxy) is 1. The summed E-state index contributed by atoms with van der Waals surface area (Å²) >= 11 is 7.01. The first kappa shape index (κ1) is 25.0.